The van der Waals surface area contributed by atoms with E-state index in [9.17, 15) is 4.79 Å². The lowest BCUT2D eigenvalue weighted by molar-refractivity contribution is -0.141. The number of esters is 1. The summed E-state index contributed by atoms with van der Waals surface area (Å²) < 4.78 is 9.73. The summed E-state index contributed by atoms with van der Waals surface area (Å²) in [7, 11) is 3.06. The average Bonchev–Trinajstić information content (AvgIpc) is 2.36. The fourth-order valence-electron chi connectivity index (χ4n) is 1.56. The third-order valence-electron chi connectivity index (χ3n) is 2.52. The maximum Gasteiger partial charge on any atom is 0.327 e. The largest absolute Gasteiger partial charge is 0.467 e. The van der Waals surface area contributed by atoms with E-state index < -0.39 is 0 Å². The average molecular weight is 237 g/mol. The molecule has 1 rings (SSSR count). The molecule has 0 heterocycles. The molecule has 0 fully saturated rings. The number of carbonyl (C=O) groups excluding carboxylic acids is 1. The van der Waals surface area contributed by atoms with Crippen LogP contribution < -0.4 is 5.32 Å². The van der Waals surface area contributed by atoms with Gasteiger partial charge in [-0.25, -0.2) is 4.79 Å². The summed E-state index contributed by atoms with van der Waals surface area (Å²) in [6.07, 6.45) is 0.813. The molecule has 1 atom stereocenters. The second-order valence-electron chi connectivity index (χ2n) is 3.79. The van der Waals surface area contributed by atoms with Gasteiger partial charge in [-0.1, -0.05) is 18.2 Å². The summed E-state index contributed by atoms with van der Waals surface area (Å²) in [6, 6.07) is 7.51. The number of nitrogens with one attached hydrogen (secondary N) is 1. The van der Waals surface area contributed by atoms with E-state index in [0.717, 1.165) is 17.7 Å². The number of benzene rings is 1. The van der Waals surface area contributed by atoms with Gasteiger partial charge in [0.15, 0.2) is 0 Å². The van der Waals surface area contributed by atoms with E-state index in [2.05, 4.69) is 10.1 Å². The lowest BCUT2D eigenvalue weighted by Gasteiger charge is -2.16. The third kappa shape index (κ3) is 4.07. The number of carbonyl (C=O) groups is 1. The molecule has 4 heteroatoms. The van der Waals surface area contributed by atoms with Crippen molar-refractivity contribution in [3.8, 4) is 0 Å². The quantitative estimate of drug-likeness (QED) is 0.767. The maximum absolute atomic E-state index is 11.3. The van der Waals surface area contributed by atoms with Crippen LogP contribution in [0, 0.1) is 0 Å². The fourth-order valence-corrected chi connectivity index (χ4v) is 1.56. The summed E-state index contributed by atoms with van der Waals surface area (Å²) in [5.74, 6) is -0.272. The lowest BCUT2D eigenvalue weighted by atomic mass is 10.1. The molecule has 0 aliphatic carbocycles. The zero-order valence-corrected chi connectivity index (χ0v) is 10.5. The molecule has 0 saturated carbocycles. The maximum atomic E-state index is 11.3. The third-order valence-corrected chi connectivity index (χ3v) is 2.52. The van der Waals surface area contributed by atoms with E-state index in [1.54, 1.807) is 14.0 Å². The van der Waals surface area contributed by atoms with Gasteiger partial charge in [0.05, 0.1) is 13.7 Å². The number of hydrogen-bond donors (Lipinski definition) is 1. The lowest BCUT2D eigenvalue weighted by Crippen LogP contribution is -2.27. The van der Waals surface area contributed by atoms with Crippen molar-refractivity contribution in [3.05, 3.63) is 29.8 Å². The van der Waals surface area contributed by atoms with Crippen LogP contribution in [-0.4, -0.2) is 32.8 Å². The van der Waals surface area contributed by atoms with Gasteiger partial charge in [0.2, 0.25) is 0 Å². The van der Waals surface area contributed by atoms with Gasteiger partial charge in [0, 0.05) is 12.8 Å². The predicted molar refractivity (Wildman–Crippen MR) is 67.1 cm³/mol. The molecule has 0 aliphatic rings. The molecule has 0 bridgehead atoms. The summed E-state index contributed by atoms with van der Waals surface area (Å²) >= 11 is 0. The van der Waals surface area contributed by atoms with Gasteiger partial charge in [-0.3, -0.25) is 0 Å². The molecule has 0 spiro atoms. The Morgan fingerprint density at radius 1 is 1.35 bits per heavy atom. The fraction of sp³-hybridized carbons (Fsp3) is 0.462. The monoisotopic (exact) mass is 237 g/mol. The van der Waals surface area contributed by atoms with Crippen LogP contribution in [-0.2, 0) is 20.7 Å². The number of rotatable bonds is 6. The first-order valence-corrected chi connectivity index (χ1v) is 5.60. The van der Waals surface area contributed by atoms with Crippen molar-refractivity contribution in [3.63, 3.8) is 0 Å². The van der Waals surface area contributed by atoms with Gasteiger partial charge in [-0.05, 0) is 25.0 Å². The zero-order chi connectivity index (χ0) is 12.7. The highest BCUT2D eigenvalue weighted by Gasteiger charge is 2.13. The normalized spacial score (nSPS) is 11.9. The second-order valence-corrected chi connectivity index (χ2v) is 3.79. The van der Waals surface area contributed by atoms with Crippen LogP contribution in [0.15, 0.2) is 24.3 Å². The van der Waals surface area contributed by atoms with Crippen molar-refractivity contribution in [2.24, 2.45) is 0 Å². The second kappa shape index (κ2) is 6.91. The van der Waals surface area contributed by atoms with Crippen LogP contribution in [0.3, 0.4) is 0 Å². The van der Waals surface area contributed by atoms with Gasteiger partial charge in [0.1, 0.15) is 6.04 Å². The van der Waals surface area contributed by atoms with Crippen LogP contribution in [0.4, 0.5) is 5.69 Å². The van der Waals surface area contributed by atoms with Crippen LogP contribution in [0.5, 0.6) is 0 Å². The van der Waals surface area contributed by atoms with Crippen LogP contribution in [0.1, 0.15) is 12.5 Å². The topological polar surface area (TPSA) is 47.6 Å². The van der Waals surface area contributed by atoms with Crippen LogP contribution in [0.2, 0.25) is 0 Å². The molecule has 94 valence electrons. The minimum atomic E-state index is -0.358. The van der Waals surface area contributed by atoms with E-state index in [-0.39, 0.29) is 12.0 Å². The Balaban J connectivity index is 2.72. The standard InChI is InChI=1S/C13H19NO3/c1-10(13(15)17-3)14-12-7-5-4-6-11(12)8-9-16-2/h4-7,10,14H,8-9H2,1-3H3. The number of ether oxygens (including phenoxy) is 2. The van der Waals surface area contributed by atoms with Crippen molar-refractivity contribution >= 4 is 11.7 Å². The van der Waals surface area contributed by atoms with Gasteiger partial charge < -0.3 is 14.8 Å². The van der Waals surface area contributed by atoms with Crippen LogP contribution >= 0.6 is 0 Å². The SMILES string of the molecule is COCCc1ccccc1NC(C)C(=O)OC. The number of anilines is 1. The highest BCUT2D eigenvalue weighted by Crippen LogP contribution is 2.17. The Hall–Kier alpha value is -1.55. The minimum Gasteiger partial charge on any atom is -0.467 e. The molecular weight excluding hydrogens is 218 g/mol. The van der Waals surface area contributed by atoms with Crippen molar-refractivity contribution < 1.29 is 14.3 Å². The van der Waals surface area contributed by atoms with Gasteiger partial charge >= 0.3 is 5.97 Å². The van der Waals surface area contributed by atoms with E-state index in [1.165, 1.54) is 7.11 Å². The molecule has 0 saturated heterocycles. The summed E-state index contributed by atoms with van der Waals surface area (Å²) in [4.78, 5) is 11.3. The zero-order valence-electron chi connectivity index (χ0n) is 10.5. The first-order valence-electron chi connectivity index (χ1n) is 5.60. The first kappa shape index (κ1) is 13.5. The predicted octanol–water partition coefficient (Wildman–Crippen LogP) is 1.85. The molecule has 0 amide bonds. The molecule has 0 aromatic heterocycles. The summed E-state index contributed by atoms with van der Waals surface area (Å²) in [5.41, 5.74) is 2.08. The molecule has 1 aromatic rings. The Morgan fingerprint density at radius 2 is 2.06 bits per heavy atom. The summed E-state index contributed by atoms with van der Waals surface area (Å²) in [5, 5.41) is 3.14. The molecule has 1 aromatic carbocycles. The highest BCUT2D eigenvalue weighted by atomic mass is 16.5. The van der Waals surface area contributed by atoms with Crippen molar-refractivity contribution in [2.45, 2.75) is 19.4 Å². The Kier molecular flexibility index (Phi) is 5.49. The molecule has 0 radical (unpaired) electrons. The van der Waals surface area contributed by atoms with E-state index in [1.807, 2.05) is 24.3 Å². The Labute approximate surface area is 102 Å². The van der Waals surface area contributed by atoms with Crippen molar-refractivity contribution in [2.75, 3.05) is 26.1 Å². The van der Waals surface area contributed by atoms with E-state index >= 15 is 0 Å². The Bertz CT molecular complexity index is 365. The van der Waals surface area contributed by atoms with Crippen molar-refractivity contribution in [1.29, 1.82) is 0 Å². The van der Waals surface area contributed by atoms with Gasteiger partial charge in [-0.2, -0.15) is 0 Å². The molecule has 1 N–H and O–H groups in total. The van der Waals surface area contributed by atoms with Crippen molar-refractivity contribution in [1.82, 2.24) is 0 Å². The number of methoxy groups -OCH3 is 2. The molecule has 17 heavy (non-hydrogen) atoms. The number of para-hydroxylation sites is 1. The first-order chi connectivity index (χ1) is 8.19. The van der Waals surface area contributed by atoms with E-state index in [0.29, 0.717) is 6.61 Å². The Morgan fingerprint density at radius 3 is 2.71 bits per heavy atom. The molecule has 4 nitrogen and oxygen atoms in total. The van der Waals surface area contributed by atoms with Gasteiger partial charge in [-0.15, -0.1) is 0 Å². The minimum absolute atomic E-state index is 0.272. The van der Waals surface area contributed by atoms with Crippen LogP contribution in [0.25, 0.3) is 0 Å². The van der Waals surface area contributed by atoms with Gasteiger partial charge in [0.25, 0.3) is 0 Å². The molecule has 0 aliphatic heterocycles. The molecular formula is C13H19NO3. The summed E-state index contributed by atoms with van der Waals surface area (Å²) in [6.45, 7) is 2.43. The smallest absolute Gasteiger partial charge is 0.327 e. The highest BCUT2D eigenvalue weighted by molar-refractivity contribution is 5.79. The number of hydrogen-bond acceptors (Lipinski definition) is 4. The molecule has 1 unspecified atom stereocenters. The van der Waals surface area contributed by atoms with E-state index in [4.69, 9.17) is 4.74 Å².